The second-order valence-electron chi connectivity index (χ2n) is 5.88. The third-order valence-electron chi connectivity index (χ3n) is 3.78. The van der Waals surface area contributed by atoms with Crippen LogP contribution in [0.25, 0.3) is 0 Å². The van der Waals surface area contributed by atoms with Crippen LogP contribution in [0.5, 0.6) is 0 Å². The topological polar surface area (TPSA) is 72.5 Å². The maximum atomic E-state index is 12.8. The van der Waals surface area contributed by atoms with Gasteiger partial charge in [0, 0.05) is 0 Å². The molecule has 0 amide bonds. The van der Waals surface area contributed by atoms with Crippen molar-refractivity contribution < 1.29 is 17.9 Å². The van der Waals surface area contributed by atoms with Crippen LogP contribution in [0.4, 0.5) is 0 Å². The molecule has 6 heteroatoms. The minimum atomic E-state index is -3.85. The summed E-state index contributed by atoms with van der Waals surface area (Å²) in [5.74, 6) is -0.583. The van der Waals surface area contributed by atoms with Crippen molar-refractivity contribution in [1.82, 2.24) is 4.72 Å². The van der Waals surface area contributed by atoms with E-state index in [0.717, 1.165) is 11.1 Å². The van der Waals surface area contributed by atoms with Crippen LogP contribution in [0.2, 0.25) is 0 Å². The van der Waals surface area contributed by atoms with E-state index in [1.165, 1.54) is 0 Å². The lowest BCUT2D eigenvalue weighted by Crippen LogP contribution is -2.43. The highest BCUT2D eigenvalue weighted by atomic mass is 32.2. The van der Waals surface area contributed by atoms with Gasteiger partial charge >= 0.3 is 5.97 Å². The average Bonchev–Trinajstić information content (AvgIpc) is 2.57. The zero-order valence-corrected chi connectivity index (χ0v) is 15.5. The van der Waals surface area contributed by atoms with Crippen LogP contribution >= 0.6 is 0 Å². The van der Waals surface area contributed by atoms with E-state index in [1.54, 1.807) is 26.0 Å². The summed E-state index contributed by atoms with van der Waals surface area (Å²) in [5, 5.41) is 0. The molecule has 0 aliphatic carbocycles. The minimum absolute atomic E-state index is 0.176. The minimum Gasteiger partial charge on any atom is -0.465 e. The number of rotatable bonds is 7. The Morgan fingerprint density at radius 2 is 1.80 bits per heavy atom. The molecule has 0 heterocycles. The summed E-state index contributed by atoms with van der Waals surface area (Å²) < 4.78 is 33.1. The molecule has 0 unspecified atom stereocenters. The second kappa shape index (κ2) is 8.27. The molecule has 2 aromatic carbocycles. The standard InChI is InChI=1S/C19H23NO4S/c1-4-24-19(21)17(13-16-8-6-5-7-9-16)20-25(22,23)18-12-14(2)10-11-15(18)3/h5-12,17,20H,4,13H2,1-3H3/t17-/m1/s1. The molecule has 0 aromatic heterocycles. The fourth-order valence-corrected chi connectivity index (χ4v) is 4.03. The van der Waals surface area contributed by atoms with Crippen molar-refractivity contribution in [2.75, 3.05) is 6.61 Å². The maximum Gasteiger partial charge on any atom is 0.324 e. The average molecular weight is 361 g/mol. The molecule has 134 valence electrons. The molecule has 1 atom stereocenters. The lowest BCUT2D eigenvalue weighted by molar-refractivity contribution is -0.145. The fourth-order valence-electron chi connectivity index (χ4n) is 2.51. The Labute approximate surface area is 149 Å². The van der Waals surface area contributed by atoms with Crippen molar-refractivity contribution in [3.8, 4) is 0 Å². The van der Waals surface area contributed by atoms with Gasteiger partial charge in [-0.3, -0.25) is 4.79 Å². The molecule has 5 nitrogen and oxygen atoms in total. The summed E-state index contributed by atoms with van der Waals surface area (Å²) in [6.45, 7) is 5.43. The zero-order chi connectivity index (χ0) is 18.4. The van der Waals surface area contributed by atoms with E-state index in [9.17, 15) is 13.2 Å². The molecule has 2 rings (SSSR count). The summed E-state index contributed by atoms with van der Waals surface area (Å²) >= 11 is 0. The first kappa shape index (κ1) is 19.1. The van der Waals surface area contributed by atoms with E-state index >= 15 is 0 Å². The van der Waals surface area contributed by atoms with Crippen LogP contribution in [0, 0.1) is 13.8 Å². The van der Waals surface area contributed by atoms with E-state index < -0.39 is 22.0 Å². The maximum absolute atomic E-state index is 12.8. The molecule has 0 fully saturated rings. The lowest BCUT2D eigenvalue weighted by atomic mass is 10.1. The first-order valence-electron chi connectivity index (χ1n) is 8.13. The van der Waals surface area contributed by atoms with Crippen LogP contribution < -0.4 is 4.72 Å². The molecule has 25 heavy (non-hydrogen) atoms. The normalized spacial score (nSPS) is 12.6. The van der Waals surface area contributed by atoms with Crippen LogP contribution in [0.3, 0.4) is 0 Å². The highest BCUT2D eigenvalue weighted by Gasteiger charge is 2.28. The van der Waals surface area contributed by atoms with Gasteiger partial charge in [0.25, 0.3) is 0 Å². The van der Waals surface area contributed by atoms with Gasteiger partial charge in [-0.1, -0.05) is 42.5 Å². The van der Waals surface area contributed by atoms with Crippen molar-refractivity contribution in [2.24, 2.45) is 0 Å². The highest BCUT2D eigenvalue weighted by molar-refractivity contribution is 7.89. The number of hydrogen-bond acceptors (Lipinski definition) is 4. The number of ether oxygens (including phenoxy) is 1. The van der Waals surface area contributed by atoms with Gasteiger partial charge in [-0.25, -0.2) is 8.42 Å². The Kier molecular flexibility index (Phi) is 6.33. The summed E-state index contributed by atoms with van der Waals surface area (Å²) in [7, 11) is -3.85. The smallest absolute Gasteiger partial charge is 0.324 e. The van der Waals surface area contributed by atoms with Crippen molar-refractivity contribution in [2.45, 2.75) is 38.1 Å². The number of benzene rings is 2. The summed E-state index contributed by atoms with van der Waals surface area (Å²) in [5.41, 5.74) is 2.31. The Morgan fingerprint density at radius 1 is 1.12 bits per heavy atom. The van der Waals surface area contributed by atoms with Crippen molar-refractivity contribution in [3.63, 3.8) is 0 Å². The van der Waals surface area contributed by atoms with Gasteiger partial charge < -0.3 is 4.74 Å². The number of aryl methyl sites for hydroxylation is 2. The summed E-state index contributed by atoms with van der Waals surface area (Å²) in [6.07, 6.45) is 0.226. The molecule has 0 bridgehead atoms. The first-order valence-corrected chi connectivity index (χ1v) is 9.62. The van der Waals surface area contributed by atoms with Gasteiger partial charge in [0.05, 0.1) is 11.5 Å². The number of hydrogen-bond donors (Lipinski definition) is 1. The first-order chi connectivity index (χ1) is 11.8. The van der Waals surface area contributed by atoms with Crippen LogP contribution in [0.1, 0.15) is 23.6 Å². The Morgan fingerprint density at radius 3 is 2.44 bits per heavy atom. The van der Waals surface area contributed by atoms with Crippen molar-refractivity contribution in [1.29, 1.82) is 0 Å². The van der Waals surface area contributed by atoms with Gasteiger partial charge in [0.15, 0.2) is 0 Å². The van der Waals surface area contributed by atoms with E-state index in [0.29, 0.717) is 5.56 Å². The predicted molar refractivity (Wildman–Crippen MR) is 96.8 cm³/mol. The SMILES string of the molecule is CCOC(=O)[C@@H](Cc1ccccc1)NS(=O)(=O)c1cc(C)ccc1C. The number of nitrogens with one attached hydrogen (secondary N) is 1. The molecule has 0 saturated carbocycles. The Bertz CT molecular complexity index is 832. The predicted octanol–water partition coefficient (Wildman–Crippen LogP) is 2.76. The number of carbonyl (C=O) groups is 1. The Balaban J connectivity index is 2.31. The molecule has 1 N–H and O–H groups in total. The van der Waals surface area contributed by atoms with Gasteiger partial charge in [-0.05, 0) is 49.9 Å². The monoisotopic (exact) mass is 361 g/mol. The van der Waals surface area contributed by atoms with Gasteiger partial charge in [-0.2, -0.15) is 4.72 Å². The second-order valence-corrected chi connectivity index (χ2v) is 7.57. The van der Waals surface area contributed by atoms with Gasteiger partial charge in [0.1, 0.15) is 6.04 Å². The molecule has 0 radical (unpaired) electrons. The highest BCUT2D eigenvalue weighted by Crippen LogP contribution is 2.18. The quantitative estimate of drug-likeness (QED) is 0.770. The fraction of sp³-hybridized carbons (Fsp3) is 0.316. The lowest BCUT2D eigenvalue weighted by Gasteiger charge is -2.18. The summed E-state index contributed by atoms with van der Waals surface area (Å²) in [4.78, 5) is 12.4. The molecule has 0 aliphatic heterocycles. The van der Waals surface area contributed by atoms with Gasteiger partial charge in [0.2, 0.25) is 10.0 Å². The molecular formula is C19H23NO4S. The van der Waals surface area contributed by atoms with Crippen LogP contribution in [-0.2, 0) is 26.0 Å². The van der Waals surface area contributed by atoms with E-state index in [4.69, 9.17) is 4.74 Å². The van der Waals surface area contributed by atoms with Crippen LogP contribution in [0.15, 0.2) is 53.4 Å². The van der Waals surface area contributed by atoms with Gasteiger partial charge in [-0.15, -0.1) is 0 Å². The molecule has 2 aromatic rings. The van der Waals surface area contributed by atoms with E-state index in [-0.39, 0.29) is 17.9 Å². The van der Waals surface area contributed by atoms with Crippen molar-refractivity contribution >= 4 is 16.0 Å². The van der Waals surface area contributed by atoms with E-state index in [2.05, 4.69) is 4.72 Å². The molecular weight excluding hydrogens is 338 g/mol. The number of esters is 1. The molecule has 0 saturated heterocycles. The van der Waals surface area contributed by atoms with E-state index in [1.807, 2.05) is 43.3 Å². The third kappa shape index (κ3) is 5.14. The van der Waals surface area contributed by atoms with Crippen molar-refractivity contribution in [3.05, 3.63) is 65.2 Å². The number of sulfonamides is 1. The Hall–Kier alpha value is -2.18. The largest absolute Gasteiger partial charge is 0.465 e. The van der Waals surface area contributed by atoms with Crippen LogP contribution in [-0.4, -0.2) is 27.0 Å². The summed E-state index contributed by atoms with van der Waals surface area (Å²) in [6, 6.07) is 13.5. The third-order valence-corrected chi connectivity index (χ3v) is 5.40. The molecule has 0 aliphatic rings. The molecule has 0 spiro atoms. The number of carbonyl (C=O) groups excluding carboxylic acids is 1. The zero-order valence-electron chi connectivity index (χ0n) is 14.7.